The van der Waals surface area contributed by atoms with Crippen LogP contribution in [0.1, 0.15) is 29.4 Å². The lowest BCUT2D eigenvalue weighted by Crippen LogP contribution is -2.32. The Morgan fingerprint density at radius 2 is 1.97 bits per heavy atom. The van der Waals surface area contributed by atoms with Gasteiger partial charge in [0.15, 0.2) is 5.76 Å². The Labute approximate surface area is 192 Å². The highest BCUT2D eigenvalue weighted by Gasteiger charge is 2.46. The summed E-state index contributed by atoms with van der Waals surface area (Å²) < 4.78 is 7.10. The topological polar surface area (TPSA) is 87.4 Å². The fourth-order valence-corrected chi connectivity index (χ4v) is 4.35. The van der Waals surface area contributed by atoms with Crippen LogP contribution in [-0.2, 0) is 9.59 Å². The van der Waals surface area contributed by atoms with Gasteiger partial charge in [-0.1, -0.05) is 18.2 Å². The minimum atomic E-state index is -0.726. The number of aliphatic hydroxyl groups excluding tert-OH is 1. The SMILES string of the molecule is COc1cccc([C@@H]2/C(=C(\O)c3c(C)nc4ccccn34)C(=O)C(=O)N2CCCN(C)C)c1. The van der Waals surface area contributed by atoms with Crippen LogP contribution in [-0.4, -0.2) is 70.3 Å². The van der Waals surface area contributed by atoms with Gasteiger partial charge in [0, 0.05) is 12.7 Å². The van der Waals surface area contributed by atoms with Gasteiger partial charge in [0.05, 0.1) is 24.4 Å². The van der Waals surface area contributed by atoms with E-state index in [4.69, 9.17) is 4.74 Å². The highest BCUT2D eigenvalue weighted by Crippen LogP contribution is 2.40. The minimum Gasteiger partial charge on any atom is -0.505 e. The van der Waals surface area contributed by atoms with Gasteiger partial charge < -0.3 is 19.6 Å². The lowest BCUT2D eigenvalue weighted by atomic mass is 9.96. The number of Topliss-reactive ketones (excluding diaryl/α,β-unsaturated/α-hetero) is 1. The van der Waals surface area contributed by atoms with Gasteiger partial charge in [0.2, 0.25) is 0 Å². The van der Waals surface area contributed by atoms with E-state index in [0.29, 0.717) is 41.3 Å². The number of aliphatic hydroxyl groups is 1. The van der Waals surface area contributed by atoms with Crippen molar-refractivity contribution in [2.24, 2.45) is 0 Å². The number of likely N-dealkylation sites (tertiary alicyclic amines) is 1. The van der Waals surface area contributed by atoms with Gasteiger partial charge in [-0.25, -0.2) is 4.98 Å². The van der Waals surface area contributed by atoms with Crippen LogP contribution in [0.4, 0.5) is 0 Å². The lowest BCUT2D eigenvalue weighted by Gasteiger charge is -2.26. The molecule has 8 nitrogen and oxygen atoms in total. The highest BCUT2D eigenvalue weighted by atomic mass is 16.5. The summed E-state index contributed by atoms with van der Waals surface area (Å²) in [7, 11) is 5.48. The molecule has 8 heteroatoms. The number of rotatable bonds is 7. The maximum absolute atomic E-state index is 13.3. The predicted octanol–water partition coefficient (Wildman–Crippen LogP) is 3.02. The number of aryl methyl sites for hydroxylation is 1. The van der Waals surface area contributed by atoms with E-state index in [0.717, 1.165) is 6.54 Å². The first-order valence-corrected chi connectivity index (χ1v) is 10.8. The van der Waals surface area contributed by atoms with Crippen LogP contribution in [0.25, 0.3) is 11.4 Å². The second kappa shape index (κ2) is 9.07. The molecule has 3 heterocycles. The van der Waals surface area contributed by atoms with Crippen molar-refractivity contribution in [1.29, 1.82) is 0 Å². The van der Waals surface area contributed by atoms with Gasteiger partial charge in [0.25, 0.3) is 11.7 Å². The lowest BCUT2D eigenvalue weighted by molar-refractivity contribution is -0.139. The zero-order chi connectivity index (χ0) is 23.7. The number of pyridine rings is 1. The van der Waals surface area contributed by atoms with Crippen molar-refractivity contribution >= 4 is 23.1 Å². The number of fused-ring (bicyclic) bond motifs is 1. The quantitative estimate of drug-likeness (QED) is 0.340. The van der Waals surface area contributed by atoms with Crippen molar-refractivity contribution < 1.29 is 19.4 Å². The van der Waals surface area contributed by atoms with E-state index in [1.54, 1.807) is 41.7 Å². The van der Waals surface area contributed by atoms with E-state index in [9.17, 15) is 14.7 Å². The monoisotopic (exact) mass is 448 g/mol. The summed E-state index contributed by atoms with van der Waals surface area (Å²) in [5.74, 6) is -0.935. The van der Waals surface area contributed by atoms with Crippen LogP contribution < -0.4 is 4.74 Å². The van der Waals surface area contributed by atoms with Crippen LogP contribution in [0, 0.1) is 6.92 Å². The maximum Gasteiger partial charge on any atom is 0.295 e. The Bertz CT molecular complexity index is 1240. The molecule has 33 heavy (non-hydrogen) atoms. The Balaban J connectivity index is 1.89. The Morgan fingerprint density at radius 1 is 1.18 bits per heavy atom. The van der Waals surface area contributed by atoms with E-state index in [2.05, 4.69) is 4.98 Å². The number of carbonyl (C=O) groups is 2. The number of hydrogen-bond acceptors (Lipinski definition) is 6. The molecule has 0 saturated carbocycles. The molecule has 0 bridgehead atoms. The van der Waals surface area contributed by atoms with E-state index in [-0.39, 0.29) is 11.3 Å². The number of methoxy groups -OCH3 is 1. The fraction of sp³-hybridized carbons (Fsp3) is 0.320. The molecule has 0 radical (unpaired) electrons. The van der Waals surface area contributed by atoms with Crippen molar-refractivity contribution in [3.8, 4) is 5.75 Å². The van der Waals surface area contributed by atoms with Crippen LogP contribution in [0.15, 0.2) is 54.2 Å². The zero-order valence-corrected chi connectivity index (χ0v) is 19.3. The Kier molecular flexibility index (Phi) is 6.20. The standard InChI is InChI=1S/C25H28N4O4/c1-16-21(28-13-6-5-11-19(28)26-16)23(30)20-22(17-9-7-10-18(15-17)33-4)29(25(32)24(20)31)14-8-12-27(2)3/h5-7,9-11,13,15,22,30H,8,12,14H2,1-4H3/b23-20+/t22-/m1/s1. The van der Waals surface area contributed by atoms with Crippen LogP contribution in [0.3, 0.4) is 0 Å². The van der Waals surface area contributed by atoms with Gasteiger partial charge in [0.1, 0.15) is 17.1 Å². The van der Waals surface area contributed by atoms with E-state index in [1.807, 2.05) is 49.3 Å². The van der Waals surface area contributed by atoms with Crippen LogP contribution >= 0.6 is 0 Å². The van der Waals surface area contributed by atoms with Crippen LogP contribution in [0.2, 0.25) is 0 Å². The average molecular weight is 449 g/mol. The Morgan fingerprint density at radius 3 is 2.70 bits per heavy atom. The normalized spacial score (nSPS) is 18.0. The first-order chi connectivity index (χ1) is 15.8. The number of imidazole rings is 1. The number of carbonyl (C=O) groups excluding carboxylic acids is 2. The van der Waals surface area contributed by atoms with E-state index in [1.165, 1.54) is 0 Å². The summed E-state index contributed by atoms with van der Waals surface area (Å²) in [6.07, 6.45) is 2.47. The second-order valence-electron chi connectivity index (χ2n) is 8.40. The molecule has 1 N–H and O–H groups in total. The molecule has 1 saturated heterocycles. The molecule has 4 rings (SSSR count). The van der Waals surface area contributed by atoms with Gasteiger partial charge in [-0.2, -0.15) is 0 Å². The molecular weight excluding hydrogens is 420 g/mol. The van der Waals surface area contributed by atoms with Crippen molar-refractivity contribution in [2.75, 3.05) is 34.3 Å². The molecule has 3 aromatic rings. The van der Waals surface area contributed by atoms with E-state index >= 15 is 0 Å². The number of amides is 1. The fourth-order valence-electron chi connectivity index (χ4n) is 4.35. The largest absolute Gasteiger partial charge is 0.505 e. The van der Waals surface area contributed by atoms with Crippen molar-refractivity contribution in [1.82, 2.24) is 19.2 Å². The third kappa shape index (κ3) is 4.09. The summed E-state index contributed by atoms with van der Waals surface area (Å²) in [4.78, 5) is 34.4. The highest BCUT2D eigenvalue weighted by molar-refractivity contribution is 6.46. The molecular formula is C25H28N4O4. The van der Waals surface area contributed by atoms with Crippen molar-refractivity contribution in [3.05, 3.63) is 71.2 Å². The van der Waals surface area contributed by atoms with Crippen LogP contribution in [0.5, 0.6) is 5.75 Å². The summed E-state index contributed by atoms with van der Waals surface area (Å²) >= 11 is 0. The number of benzene rings is 1. The van der Waals surface area contributed by atoms with Crippen molar-refractivity contribution in [2.45, 2.75) is 19.4 Å². The average Bonchev–Trinajstić information content (AvgIpc) is 3.26. The molecule has 1 aliphatic rings. The third-order valence-corrected chi connectivity index (χ3v) is 5.88. The third-order valence-electron chi connectivity index (χ3n) is 5.88. The number of aromatic nitrogens is 2. The molecule has 0 aliphatic carbocycles. The summed E-state index contributed by atoms with van der Waals surface area (Å²) in [5, 5.41) is 11.4. The zero-order valence-electron chi connectivity index (χ0n) is 19.3. The molecule has 1 atom stereocenters. The predicted molar refractivity (Wildman–Crippen MR) is 125 cm³/mol. The molecule has 0 unspecified atom stereocenters. The molecule has 1 aliphatic heterocycles. The molecule has 2 aromatic heterocycles. The number of ether oxygens (including phenoxy) is 1. The molecule has 1 aromatic carbocycles. The summed E-state index contributed by atoms with van der Waals surface area (Å²) in [6.45, 7) is 2.92. The van der Waals surface area contributed by atoms with Gasteiger partial charge in [-0.15, -0.1) is 0 Å². The molecule has 1 amide bonds. The van der Waals surface area contributed by atoms with Gasteiger partial charge >= 0.3 is 0 Å². The molecule has 1 fully saturated rings. The summed E-state index contributed by atoms with van der Waals surface area (Å²) in [5.41, 5.74) is 2.39. The number of hydrogen-bond donors (Lipinski definition) is 1. The smallest absolute Gasteiger partial charge is 0.295 e. The van der Waals surface area contributed by atoms with Gasteiger partial charge in [-0.3, -0.25) is 14.0 Å². The van der Waals surface area contributed by atoms with E-state index < -0.39 is 17.7 Å². The summed E-state index contributed by atoms with van der Waals surface area (Å²) in [6, 6.07) is 12.0. The Hall–Kier alpha value is -3.65. The maximum atomic E-state index is 13.3. The van der Waals surface area contributed by atoms with Gasteiger partial charge in [-0.05, 0) is 63.8 Å². The first-order valence-electron chi connectivity index (χ1n) is 10.8. The number of ketones is 1. The second-order valence-corrected chi connectivity index (χ2v) is 8.40. The molecule has 0 spiro atoms. The molecule has 172 valence electrons. The number of nitrogens with zero attached hydrogens (tertiary/aromatic N) is 4. The minimum absolute atomic E-state index is 0.0619. The first kappa shape index (κ1) is 22.5. The van der Waals surface area contributed by atoms with Crippen molar-refractivity contribution in [3.63, 3.8) is 0 Å².